The molecule has 1 atom stereocenters. The van der Waals surface area contributed by atoms with E-state index in [1.807, 2.05) is 23.9 Å². The molecule has 1 aliphatic rings. The molecule has 1 N–H and O–H groups in total. The summed E-state index contributed by atoms with van der Waals surface area (Å²) in [5.41, 5.74) is 1.24. The Kier molecular flexibility index (Phi) is 11.8. The number of rotatable bonds is 7. The first kappa shape index (κ1) is 25.9. The van der Waals surface area contributed by atoms with Gasteiger partial charge in [0.25, 0.3) is 0 Å². The van der Waals surface area contributed by atoms with Crippen LogP contribution in [0.2, 0.25) is 0 Å². The molecule has 1 heterocycles. The molecule has 0 aliphatic carbocycles. The molecule has 1 amide bonds. The number of likely N-dealkylation sites (N-methyl/N-ethyl adjacent to an activating group) is 1. The molecule has 29 heavy (non-hydrogen) atoms. The largest absolute Gasteiger partial charge is 0.497 e. The van der Waals surface area contributed by atoms with Gasteiger partial charge < -0.3 is 19.9 Å². The van der Waals surface area contributed by atoms with Crippen molar-refractivity contribution in [1.82, 2.24) is 15.1 Å². The zero-order chi connectivity index (χ0) is 20.5. The van der Waals surface area contributed by atoms with Crippen molar-refractivity contribution in [2.24, 2.45) is 10.9 Å². The molecule has 1 saturated heterocycles. The third-order valence-electron chi connectivity index (χ3n) is 4.86. The number of methoxy groups -OCH3 is 1. The van der Waals surface area contributed by atoms with Crippen LogP contribution in [0.5, 0.6) is 5.75 Å². The smallest absolute Gasteiger partial charge is 0.243 e. The Morgan fingerprint density at radius 2 is 2.03 bits per heavy atom. The third kappa shape index (κ3) is 8.62. The van der Waals surface area contributed by atoms with Crippen LogP contribution in [-0.2, 0) is 11.2 Å². The van der Waals surface area contributed by atoms with Crippen molar-refractivity contribution in [3.8, 4) is 5.75 Å². The summed E-state index contributed by atoms with van der Waals surface area (Å²) in [6.45, 7) is 7.41. The lowest BCUT2D eigenvalue weighted by Gasteiger charge is -2.36. The molecule has 0 radical (unpaired) electrons. The van der Waals surface area contributed by atoms with E-state index in [9.17, 15) is 4.79 Å². The Morgan fingerprint density at radius 1 is 1.34 bits per heavy atom. The quantitative estimate of drug-likeness (QED) is 0.331. The van der Waals surface area contributed by atoms with Crippen molar-refractivity contribution in [2.75, 3.05) is 53.1 Å². The normalized spacial score (nSPS) is 17.0. The van der Waals surface area contributed by atoms with E-state index in [1.54, 1.807) is 26.1 Å². The summed E-state index contributed by atoms with van der Waals surface area (Å²) in [6, 6.07) is 8.13. The second-order valence-corrected chi connectivity index (χ2v) is 8.90. The highest BCUT2D eigenvalue weighted by Crippen LogP contribution is 2.24. The number of nitrogens with zero attached hydrogens (tertiary/aromatic N) is 3. The van der Waals surface area contributed by atoms with E-state index in [0.29, 0.717) is 11.2 Å². The Labute approximate surface area is 196 Å². The van der Waals surface area contributed by atoms with Crippen LogP contribution >= 0.6 is 35.7 Å². The number of nitrogens with one attached hydrogen (secondary N) is 1. The maximum atomic E-state index is 12.0. The third-order valence-corrected chi connectivity index (χ3v) is 6.40. The summed E-state index contributed by atoms with van der Waals surface area (Å²) in [5.74, 6) is 3.43. The van der Waals surface area contributed by atoms with Gasteiger partial charge in [0.05, 0.1) is 7.11 Å². The molecule has 8 heteroatoms. The number of amides is 1. The van der Waals surface area contributed by atoms with Gasteiger partial charge in [-0.15, -0.1) is 24.0 Å². The standard InChI is InChI=1S/C21H34N4O2S.HI/c1-16(2)19-15-25(12-13-28-19)21(23-14-20(26)24(3)4)22-11-10-17-6-8-18(27-5)9-7-17;/h6-9,16,19H,10-15H2,1-5H3,(H,22,23);1H. The summed E-state index contributed by atoms with van der Waals surface area (Å²) in [7, 11) is 5.21. The van der Waals surface area contributed by atoms with Crippen LogP contribution in [0.15, 0.2) is 29.3 Å². The van der Waals surface area contributed by atoms with E-state index in [4.69, 9.17) is 4.74 Å². The molecule has 0 spiro atoms. The van der Waals surface area contributed by atoms with Crippen LogP contribution in [0, 0.1) is 5.92 Å². The number of hydrogen-bond donors (Lipinski definition) is 1. The Morgan fingerprint density at radius 3 is 2.62 bits per heavy atom. The number of thioether (sulfide) groups is 1. The Balaban J connectivity index is 0.00000420. The van der Waals surface area contributed by atoms with Gasteiger partial charge in [-0.05, 0) is 30.0 Å². The summed E-state index contributed by atoms with van der Waals surface area (Å²) in [4.78, 5) is 20.5. The predicted octanol–water partition coefficient (Wildman–Crippen LogP) is 2.96. The number of carbonyl (C=O) groups is 1. The summed E-state index contributed by atoms with van der Waals surface area (Å²) >= 11 is 2.03. The van der Waals surface area contributed by atoms with Gasteiger partial charge in [0.2, 0.25) is 5.91 Å². The van der Waals surface area contributed by atoms with Gasteiger partial charge in [-0.3, -0.25) is 4.79 Å². The minimum atomic E-state index is 0. The van der Waals surface area contributed by atoms with E-state index >= 15 is 0 Å². The summed E-state index contributed by atoms with van der Waals surface area (Å²) in [5, 5.41) is 4.07. The van der Waals surface area contributed by atoms with E-state index < -0.39 is 0 Å². The lowest BCUT2D eigenvalue weighted by atomic mass is 10.1. The number of halogens is 1. The number of carbonyl (C=O) groups excluding carboxylic acids is 1. The fourth-order valence-electron chi connectivity index (χ4n) is 2.93. The van der Waals surface area contributed by atoms with Gasteiger partial charge in [-0.25, -0.2) is 4.99 Å². The highest BCUT2D eigenvalue weighted by atomic mass is 127. The van der Waals surface area contributed by atoms with Gasteiger partial charge >= 0.3 is 0 Å². The molecule has 0 saturated carbocycles. The monoisotopic (exact) mass is 534 g/mol. The number of ether oxygens (including phenoxy) is 1. The van der Waals surface area contributed by atoms with E-state index in [2.05, 4.69) is 41.2 Å². The predicted molar refractivity (Wildman–Crippen MR) is 134 cm³/mol. The van der Waals surface area contributed by atoms with Crippen LogP contribution in [0.25, 0.3) is 0 Å². The molecule has 1 unspecified atom stereocenters. The van der Waals surface area contributed by atoms with Crippen LogP contribution in [-0.4, -0.2) is 80.1 Å². The minimum absolute atomic E-state index is 0. The molecule has 0 bridgehead atoms. The molecule has 164 valence electrons. The lowest BCUT2D eigenvalue weighted by Crippen LogP contribution is -2.49. The topological polar surface area (TPSA) is 57.2 Å². The van der Waals surface area contributed by atoms with Gasteiger partial charge in [0.15, 0.2) is 5.96 Å². The van der Waals surface area contributed by atoms with Gasteiger partial charge in [-0.2, -0.15) is 11.8 Å². The highest BCUT2D eigenvalue weighted by Gasteiger charge is 2.25. The van der Waals surface area contributed by atoms with Crippen molar-refractivity contribution in [3.05, 3.63) is 29.8 Å². The zero-order valence-corrected chi connectivity index (χ0v) is 21.3. The fraction of sp³-hybridized carbons (Fsp3) is 0.619. The molecule has 1 fully saturated rings. The zero-order valence-electron chi connectivity index (χ0n) is 18.2. The van der Waals surface area contributed by atoms with Crippen molar-refractivity contribution < 1.29 is 9.53 Å². The first-order chi connectivity index (χ1) is 13.4. The molecule has 1 aliphatic heterocycles. The summed E-state index contributed by atoms with van der Waals surface area (Å²) < 4.78 is 5.21. The maximum Gasteiger partial charge on any atom is 0.243 e. The van der Waals surface area contributed by atoms with Crippen LogP contribution in [0.1, 0.15) is 19.4 Å². The number of benzene rings is 1. The average molecular weight is 535 g/mol. The molecule has 2 rings (SSSR count). The van der Waals surface area contributed by atoms with Crippen LogP contribution < -0.4 is 10.1 Å². The lowest BCUT2D eigenvalue weighted by molar-refractivity contribution is -0.127. The Bertz CT molecular complexity index is 653. The van der Waals surface area contributed by atoms with E-state index in [1.165, 1.54) is 5.56 Å². The molecular formula is C21H35IN4O2S. The van der Waals surface area contributed by atoms with Crippen molar-refractivity contribution in [2.45, 2.75) is 25.5 Å². The van der Waals surface area contributed by atoms with E-state index in [-0.39, 0.29) is 36.4 Å². The number of aliphatic imine (C=N–C) groups is 1. The van der Waals surface area contributed by atoms with Gasteiger partial charge in [-0.1, -0.05) is 26.0 Å². The van der Waals surface area contributed by atoms with Crippen LogP contribution in [0.4, 0.5) is 0 Å². The number of guanidine groups is 1. The first-order valence-electron chi connectivity index (χ1n) is 9.88. The molecule has 1 aromatic carbocycles. The second kappa shape index (κ2) is 13.2. The summed E-state index contributed by atoms with van der Waals surface area (Å²) in [6.07, 6.45) is 0.890. The molecule has 6 nitrogen and oxygen atoms in total. The average Bonchev–Trinajstić information content (AvgIpc) is 2.70. The SMILES string of the molecule is COc1ccc(CCNC(=NCC(=O)N(C)C)N2CCSC(C(C)C)C2)cc1.I. The molecule has 0 aromatic heterocycles. The van der Waals surface area contributed by atoms with Crippen molar-refractivity contribution in [1.29, 1.82) is 0 Å². The van der Waals surface area contributed by atoms with Crippen LogP contribution in [0.3, 0.4) is 0 Å². The minimum Gasteiger partial charge on any atom is -0.497 e. The maximum absolute atomic E-state index is 12.0. The fourth-order valence-corrected chi connectivity index (χ4v) is 4.23. The van der Waals surface area contributed by atoms with E-state index in [0.717, 1.165) is 43.5 Å². The molecular weight excluding hydrogens is 499 g/mol. The second-order valence-electron chi connectivity index (χ2n) is 7.55. The Hall–Kier alpha value is -1.16. The van der Waals surface area contributed by atoms with Gasteiger partial charge in [0, 0.05) is 44.7 Å². The molecule has 1 aromatic rings. The highest BCUT2D eigenvalue weighted by molar-refractivity contribution is 14.0. The number of hydrogen-bond acceptors (Lipinski definition) is 4. The van der Waals surface area contributed by atoms with Crippen molar-refractivity contribution >= 4 is 47.6 Å². The van der Waals surface area contributed by atoms with Crippen molar-refractivity contribution in [3.63, 3.8) is 0 Å². The first-order valence-corrected chi connectivity index (χ1v) is 10.9. The van der Waals surface area contributed by atoms with Gasteiger partial charge in [0.1, 0.15) is 12.3 Å².